The van der Waals surface area contributed by atoms with Crippen LogP contribution in [0.3, 0.4) is 0 Å². The lowest BCUT2D eigenvalue weighted by molar-refractivity contribution is -0.125. The summed E-state index contributed by atoms with van der Waals surface area (Å²) in [5.41, 5.74) is 1.16. The molecule has 16 heavy (non-hydrogen) atoms. The molecule has 0 spiro atoms. The minimum absolute atomic E-state index is 0.0668. The highest BCUT2D eigenvalue weighted by molar-refractivity contribution is 7.99. The Labute approximate surface area is 101 Å². The van der Waals surface area contributed by atoms with Crippen molar-refractivity contribution in [3.63, 3.8) is 0 Å². The van der Waals surface area contributed by atoms with Crippen LogP contribution < -0.4 is 0 Å². The standard InChI is InChI=1S/C11H19N3OS/c1-11(2,3)8-6-9(13-12-8)16-7-10(15)14(4)5/h6H,7H2,1-5H3,(H,12,13). The van der Waals surface area contributed by atoms with E-state index in [1.54, 1.807) is 19.0 Å². The number of hydrogen-bond acceptors (Lipinski definition) is 3. The zero-order valence-corrected chi connectivity index (χ0v) is 11.3. The monoisotopic (exact) mass is 241 g/mol. The molecule has 0 aliphatic heterocycles. The van der Waals surface area contributed by atoms with Crippen molar-refractivity contribution in [2.24, 2.45) is 0 Å². The fourth-order valence-electron chi connectivity index (χ4n) is 1.03. The second kappa shape index (κ2) is 4.91. The van der Waals surface area contributed by atoms with Crippen molar-refractivity contribution in [1.82, 2.24) is 15.1 Å². The zero-order valence-electron chi connectivity index (χ0n) is 10.5. The van der Waals surface area contributed by atoms with Gasteiger partial charge in [-0.3, -0.25) is 9.89 Å². The minimum atomic E-state index is 0.0668. The molecule has 1 rings (SSSR count). The van der Waals surface area contributed by atoms with Crippen molar-refractivity contribution in [3.05, 3.63) is 11.8 Å². The number of thioether (sulfide) groups is 1. The van der Waals surface area contributed by atoms with Gasteiger partial charge in [-0.15, -0.1) is 0 Å². The molecule has 0 atom stereocenters. The Balaban J connectivity index is 2.57. The Morgan fingerprint density at radius 2 is 2.12 bits per heavy atom. The molecule has 1 aromatic heterocycles. The molecule has 0 bridgehead atoms. The molecular formula is C11H19N3OS. The number of carbonyl (C=O) groups excluding carboxylic acids is 1. The first-order chi connectivity index (χ1) is 7.30. The second-order valence-electron chi connectivity index (χ2n) is 4.95. The summed E-state index contributed by atoms with van der Waals surface area (Å²) in [6, 6.07) is 2.01. The fraction of sp³-hybridized carbons (Fsp3) is 0.636. The van der Waals surface area contributed by atoms with Gasteiger partial charge in [-0.1, -0.05) is 32.5 Å². The normalized spacial score (nSPS) is 11.6. The van der Waals surface area contributed by atoms with Crippen molar-refractivity contribution in [1.29, 1.82) is 0 Å². The second-order valence-corrected chi connectivity index (χ2v) is 5.94. The molecule has 0 saturated carbocycles. The van der Waals surface area contributed by atoms with Crippen molar-refractivity contribution in [3.8, 4) is 0 Å². The number of aromatic nitrogens is 2. The summed E-state index contributed by atoms with van der Waals surface area (Å²) < 4.78 is 0. The summed E-state index contributed by atoms with van der Waals surface area (Å²) in [6.07, 6.45) is 0. The van der Waals surface area contributed by atoms with Gasteiger partial charge in [0.25, 0.3) is 0 Å². The highest BCUT2D eigenvalue weighted by atomic mass is 32.2. The molecule has 0 unspecified atom stereocenters. The van der Waals surface area contributed by atoms with Crippen LogP contribution in [0.1, 0.15) is 26.5 Å². The maximum atomic E-state index is 11.4. The van der Waals surface area contributed by atoms with E-state index in [4.69, 9.17) is 0 Å². The summed E-state index contributed by atoms with van der Waals surface area (Å²) in [6.45, 7) is 6.37. The molecule has 90 valence electrons. The molecule has 0 radical (unpaired) electrons. The number of rotatable bonds is 3. The maximum Gasteiger partial charge on any atom is 0.232 e. The number of H-pyrrole nitrogens is 1. The van der Waals surface area contributed by atoms with Gasteiger partial charge in [-0.25, -0.2) is 0 Å². The third-order valence-electron chi connectivity index (χ3n) is 2.20. The highest BCUT2D eigenvalue weighted by Crippen LogP contribution is 2.24. The van der Waals surface area contributed by atoms with E-state index in [9.17, 15) is 4.79 Å². The molecule has 0 fully saturated rings. The van der Waals surface area contributed by atoms with Gasteiger partial charge in [0.1, 0.15) is 5.03 Å². The molecule has 1 N–H and O–H groups in total. The van der Waals surface area contributed by atoms with E-state index in [1.807, 2.05) is 6.07 Å². The smallest absolute Gasteiger partial charge is 0.232 e. The lowest BCUT2D eigenvalue weighted by Gasteiger charge is -2.14. The number of aromatic amines is 1. The van der Waals surface area contributed by atoms with Crippen molar-refractivity contribution in [2.75, 3.05) is 19.8 Å². The summed E-state index contributed by atoms with van der Waals surface area (Å²) in [5.74, 6) is 0.534. The molecule has 0 saturated heterocycles. The van der Waals surface area contributed by atoms with E-state index in [0.717, 1.165) is 10.7 Å². The van der Waals surface area contributed by atoms with Crippen LogP contribution >= 0.6 is 11.8 Å². The molecule has 0 aromatic carbocycles. The topological polar surface area (TPSA) is 49.0 Å². The van der Waals surface area contributed by atoms with Crippen LogP contribution in [0, 0.1) is 0 Å². The van der Waals surface area contributed by atoms with Crippen LogP contribution in [0.4, 0.5) is 0 Å². The minimum Gasteiger partial charge on any atom is -0.348 e. The lowest BCUT2D eigenvalue weighted by atomic mass is 9.93. The zero-order chi connectivity index (χ0) is 12.3. The summed E-state index contributed by atoms with van der Waals surface area (Å²) >= 11 is 1.46. The first kappa shape index (κ1) is 13.1. The summed E-state index contributed by atoms with van der Waals surface area (Å²) in [5, 5.41) is 8.06. The Morgan fingerprint density at radius 1 is 1.50 bits per heavy atom. The molecule has 0 aliphatic carbocycles. The van der Waals surface area contributed by atoms with Gasteiger partial charge < -0.3 is 4.90 Å². The summed E-state index contributed by atoms with van der Waals surface area (Å²) in [7, 11) is 3.52. The number of nitrogens with zero attached hydrogens (tertiary/aromatic N) is 2. The van der Waals surface area contributed by atoms with E-state index >= 15 is 0 Å². The Bertz CT molecular complexity index is 366. The average Bonchev–Trinajstić information content (AvgIpc) is 2.61. The van der Waals surface area contributed by atoms with Gasteiger partial charge in [-0.05, 0) is 6.07 Å². The van der Waals surface area contributed by atoms with Crippen LogP contribution in [0.25, 0.3) is 0 Å². The third kappa shape index (κ3) is 3.56. The van der Waals surface area contributed by atoms with Gasteiger partial charge in [0.05, 0.1) is 5.75 Å². The van der Waals surface area contributed by atoms with Crippen LogP contribution in [0.2, 0.25) is 0 Å². The predicted octanol–water partition coefficient (Wildman–Crippen LogP) is 1.89. The third-order valence-corrected chi connectivity index (χ3v) is 3.10. The van der Waals surface area contributed by atoms with Gasteiger partial charge in [-0.2, -0.15) is 5.10 Å². The van der Waals surface area contributed by atoms with Gasteiger partial charge in [0.15, 0.2) is 0 Å². The van der Waals surface area contributed by atoms with Gasteiger partial charge in [0.2, 0.25) is 5.91 Å². The number of nitrogens with one attached hydrogen (secondary N) is 1. The maximum absolute atomic E-state index is 11.4. The molecule has 1 amide bonds. The Kier molecular flexibility index (Phi) is 4.02. The van der Waals surface area contributed by atoms with E-state index in [1.165, 1.54) is 11.8 Å². The average molecular weight is 241 g/mol. The molecule has 0 aliphatic rings. The summed E-state index contributed by atoms with van der Waals surface area (Å²) in [4.78, 5) is 13.0. The van der Waals surface area contributed by atoms with Crippen molar-refractivity contribution >= 4 is 17.7 Å². The predicted molar refractivity (Wildman–Crippen MR) is 66.7 cm³/mol. The molecular weight excluding hydrogens is 222 g/mol. The number of hydrogen-bond donors (Lipinski definition) is 1. The fourth-order valence-corrected chi connectivity index (χ4v) is 1.87. The van der Waals surface area contributed by atoms with Crippen LogP contribution in [0.5, 0.6) is 0 Å². The van der Waals surface area contributed by atoms with E-state index in [2.05, 4.69) is 31.0 Å². The van der Waals surface area contributed by atoms with E-state index in [0.29, 0.717) is 5.75 Å². The lowest BCUT2D eigenvalue weighted by Crippen LogP contribution is -2.23. The quantitative estimate of drug-likeness (QED) is 0.822. The molecule has 5 heteroatoms. The number of carbonyl (C=O) groups is 1. The Hall–Kier alpha value is -0.970. The van der Waals surface area contributed by atoms with E-state index < -0.39 is 0 Å². The van der Waals surface area contributed by atoms with E-state index in [-0.39, 0.29) is 11.3 Å². The first-order valence-electron chi connectivity index (χ1n) is 5.19. The number of amides is 1. The molecule has 1 aromatic rings. The van der Waals surface area contributed by atoms with Crippen molar-refractivity contribution in [2.45, 2.75) is 31.2 Å². The molecule has 1 heterocycles. The van der Waals surface area contributed by atoms with Gasteiger partial charge in [0, 0.05) is 25.2 Å². The SMILES string of the molecule is CN(C)C(=O)CSc1cc(C(C)(C)C)[nH]n1. The van der Waals surface area contributed by atoms with Crippen LogP contribution in [-0.2, 0) is 10.2 Å². The van der Waals surface area contributed by atoms with Crippen LogP contribution in [-0.4, -0.2) is 40.9 Å². The highest BCUT2D eigenvalue weighted by Gasteiger charge is 2.17. The van der Waals surface area contributed by atoms with Gasteiger partial charge >= 0.3 is 0 Å². The van der Waals surface area contributed by atoms with Crippen molar-refractivity contribution < 1.29 is 4.79 Å². The molecule has 4 nitrogen and oxygen atoms in total. The largest absolute Gasteiger partial charge is 0.348 e. The first-order valence-corrected chi connectivity index (χ1v) is 6.18. The Morgan fingerprint density at radius 3 is 2.56 bits per heavy atom. The van der Waals surface area contributed by atoms with Crippen LogP contribution in [0.15, 0.2) is 11.1 Å².